The maximum Gasteiger partial charge on any atom is 0.0736 e. The molecule has 1 aliphatic carbocycles. The number of hydrogen-bond acceptors (Lipinski definition) is 2. The molecule has 0 saturated heterocycles. The number of anilines is 3. The third-order valence-corrected chi connectivity index (χ3v) is 13.4. The van der Waals surface area contributed by atoms with Gasteiger partial charge in [0.2, 0.25) is 0 Å². The van der Waals surface area contributed by atoms with E-state index in [4.69, 9.17) is 0 Å². The first-order chi connectivity index (χ1) is 28.8. The zero-order chi connectivity index (χ0) is 38.2. The van der Waals surface area contributed by atoms with Crippen LogP contribution in [0.3, 0.4) is 0 Å². The minimum absolute atomic E-state index is 0.435. The molecule has 0 radical (unpaired) electrons. The number of hydrogen-bond donors (Lipinski definition) is 0. The van der Waals surface area contributed by atoms with Crippen LogP contribution in [0.1, 0.15) is 22.3 Å². The molecule has 10 aromatic rings. The summed E-state index contributed by atoms with van der Waals surface area (Å²) in [6.45, 7) is 0. The zero-order valence-electron chi connectivity index (χ0n) is 31.6. The second-order valence-corrected chi connectivity index (χ2v) is 16.3. The fraction of sp³-hybridized carbons (Fsp3) is 0.0182. The van der Waals surface area contributed by atoms with Crippen molar-refractivity contribution in [2.45, 2.75) is 15.2 Å². The minimum atomic E-state index is -0.435. The molecule has 0 saturated carbocycles. The van der Waals surface area contributed by atoms with Crippen molar-refractivity contribution in [1.29, 1.82) is 0 Å². The van der Waals surface area contributed by atoms with Crippen molar-refractivity contribution >= 4 is 50.6 Å². The van der Waals surface area contributed by atoms with Crippen molar-refractivity contribution < 1.29 is 0 Å². The molecule has 2 aliphatic rings. The Morgan fingerprint density at radius 2 is 0.897 bits per heavy atom. The highest BCUT2D eigenvalue weighted by atomic mass is 32.2. The summed E-state index contributed by atoms with van der Waals surface area (Å²) in [5.74, 6) is 0. The van der Waals surface area contributed by atoms with E-state index in [1.165, 1.54) is 76.1 Å². The lowest BCUT2D eigenvalue weighted by Gasteiger charge is -2.39. The summed E-state index contributed by atoms with van der Waals surface area (Å²) < 4.78 is 2.47. The molecule has 58 heavy (non-hydrogen) atoms. The zero-order valence-corrected chi connectivity index (χ0v) is 32.4. The highest BCUT2D eigenvalue weighted by Gasteiger charge is 2.50. The van der Waals surface area contributed by atoms with Crippen LogP contribution in [-0.2, 0) is 5.41 Å². The quantitative estimate of drug-likeness (QED) is 0.173. The number of benzene rings is 9. The van der Waals surface area contributed by atoms with Crippen LogP contribution in [0.2, 0.25) is 0 Å². The van der Waals surface area contributed by atoms with E-state index in [1.54, 1.807) is 0 Å². The Morgan fingerprint density at radius 1 is 0.362 bits per heavy atom. The first-order valence-corrected chi connectivity index (χ1v) is 20.7. The monoisotopic (exact) mass is 756 g/mol. The van der Waals surface area contributed by atoms with Gasteiger partial charge in [-0.3, -0.25) is 0 Å². The number of nitrogens with zero attached hydrogens (tertiary/aromatic N) is 2. The number of para-hydroxylation sites is 2. The Bertz CT molecular complexity index is 3140. The van der Waals surface area contributed by atoms with Crippen molar-refractivity contribution in [3.05, 3.63) is 241 Å². The summed E-state index contributed by atoms with van der Waals surface area (Å²) >= 11 is 1.91. The lowest BCUT2D eigenvalue weighted by Crippen LogP contribution is -2.32. The van der Waals surface area contributed by atoms with E-state index in [2.05, 4.69) is 228 Å². The fourth-order valence-corrected chi connectivity index (χ4v) is 11.0. The van der Waals surface area contributed by atoms with Crippen LogP contribution in [0, 0.1) is 0 Å². The fourth-order valence-electron chi connectivity index (χ4n) is 9.80. The molecule has 0 N–H and O–H groups in total. The van der Waals surface area contributed by atoms with Crippen LogP contribution < -0.4 is 4.90 Å². The van der Waals surface area contributed by atoms with E-state index >= 15 is 0 Å². The molecular weight excluding hydrogens is 721 g/mol. The Hall–Kier alpha value is -7.07. The Morgan fingerprint density at radius 3 is 1.60 bits per heavy atom. The van der Waals surface area contributed by atoms with E-state index in [9.17, 15) is 0 Å². The molecule has 1 aliphatic heterocycles. The molecule has 272 valence electrons. The van der Waals surface area contributed by atoms with Crippen LogP contribution in [0.5, 0.6) is 0 Å². The summed E-state index contributed by atoms with van der Waals surface area (Å²) in [5, 5.41) is 2.53. The smallest absolute Gasteiger partial charge is 0.0736 e. The maximum absolute atomic E-state index is 2.52. The maximum atomic E-state index is 2.52. The number of fused-ring (bicyclic) bond motifs is 12. The van der Waals surface area contributed by atoms with Gasteiger partial charge in [0.1, 0.15) is 0 Å². The SMILES string of the molecule is c1ccc(-c2ccc(N(c3ccccc3)c3ccc(-n4c5ccccc5c5cc6c(cc54)C4(c5ccccc5S6)c5ccccc5-c5ccccc54)cc3)cc2)cc1. The van der Waals surface area contributed by atoms with Crippen molar-refractivity contribution in [3.8, 4) is 27.9 Å². The normalized spacial score (nSPS) is 13.2. The van der Waals surface area contributed by atoms with Gasteiger partial charge in [-0.15, -0.1) is 0 Å². The van der Waals surface area contributed by atoms with Gasteiger partial charge < -0.3 is 9.47 Å². The molecule has 2 nitrogen and oxygen atoms in total. The molecule has 0 bridgehead atoms. The predicted molar refractivity (Wildman–Crippen MR) is 242 cm³/mol. The van der Waals surface area contributed by atoms with Crippen LogP contribution in [0.15, 0.2) is 228 Å². The predicted octanol–water partition coefficient (Wildman–Crippen LogP) is 14.7. The lowest BCUT2D eigenvalue weighted by molar-refractivity contribution is 0.724. The van der Waals surface area contributed by atoms with Crippen molar-refractivity contribution in [1.82, 2.24) is 4.57 Å². The molecule has 1 spiro atoms. The van der Waals surface area contributed by atoms with Crippen molar-refractivity contribution in [3.63, 3.8) is 0 Å². The van der Waals surface area contributed by atoms with Gasteiger partial charge in [-0.1, -0.05) is 157 Å². The summed E-state index contributed by atoms with van der Waals surface area (Å²) in [5.41, 5.74) is 16.9. The van der Waals surface area contributed by atoms with E-state index in [0.717, 1.165) is 22.7 Å². The number of aromatic nitrogens is 1. The van der Waals surface area contributed by atoms with Gasteiger partial charge in [0, 0.05) is 43.3 Å². The summed E-state index contributed by atoms with van der Waals surface area (Å²) in [6.07, 6.45) is 0. The van der Waals surface area contributed by atoms with Crippen LogP contribution >= 0.6 is 11.8 Å². The largest absolute Gasteiger partial charge is 0.311 e. The van der Waals surface area contributed by atoms with E-state index in [0.29, 0.717) is 0 Å². The Labute approximate surface area is 342 Å². The van der Waals surface area contributed by atoms with Gasteiger partial charge in [0.25, 0.3) is 0 Å². The van der Waals surface area contributed by atoms with E-state index in [-0.39, 0.29) is 0 Å². The Balaban J connectivity index is 1.05. The van der Waals surface area contributed by atoms with Crippen molar-refractivity contribution in [2.75, 3.05) is 4.90 Å². The molecule has 0 unspecified atom stereocenters. The van der Waals surface area contributed by atoms with Gasteiger partial charge in [-0.05, 0) is 117 Å². The van der Waals surface area contributed by atoms with Crippen LogP contribution in [-0.4, -0.2) is 4.57 Å². The standard InChI is InChI=1S/C55H36N2S/c1-3-15-37(16-4-1)38-27-29-40(30-28-38)56(39-17-5-2-6-18-39)41-31-33-42(34-32-41)57-51-25-13-9-21-45(51)46-35-54-50(36-52(46)57)55(49-24-12-14-26-53(49)58-54)47-22-10-7-19-43(47)44-20-8-11-23-48(44)55/h1-36H. The second-order valence-electron chi connectivity index (χ2n) is 15.3. The second kappa shape index (κ2) is 13.0. The van der Waals surface area contributed by atoms with Gasteiger partial charge >= 0.3 is 0 Å². The van der Waals surface area contributed by atoms with E-state index in [1.807, 2.05) is 11.8 Å². The first kappa shape index (κ1) is 33.1. The average molecular weight is 757 g/mol. The topological polar surface area (TPSA) is 8.17 Å². The highest BCUT2D eigenvalue weighted by molar-refractivity contribution is 7.99. The van der Waals surface area contributed by atoms with Gasteiger partial charge in [-0.2, -0.15) is 0 Å². The van der Waals surface area contributed by atoms with Gasteiger partial charge in [0.15, 0.2) is 0 Å². The summed E-state index contributed by atoms with van der Waals surface area (Å²) in [6, 6.07) is 80.3. The van der Waals surface area contributed by atoms with Crippen LogP contribution in [0.25, 0.3) is 49.7 Å². The summed E-state index contributed by atoms with van der Waals surface area (Å²) in [4.78, 5) is 4.97. The Kier molecular flexibility index (Phi) is 7.41. The van der Waals surface area contributed by atoms with Gasteiger partial charge in [0.05, 0.1) is 16.4 Å². The minimum Gasteiger partial charge on any atom is -0.311 e. The first-order valence-electron chi connectivity index (χ1n) is 19.9. The highest BCUT2D eigenvalue weighted by Crippen LogP contribution is 2.62. The molecule has 0 amide bonds. The molecule has 3 heteroatoms. The average Bonchev–Trinajstić information content (AvgIpc) is 3.77. The van der Waals surface area contributed by atoms with E-state index < -0.39 is 5.41 Å². The molecule has 2 heterocycles. The molecule has 0 atom stereocenters. The third kappa shape index (κ3) is 4.81. The lowest BCUT2D eigenvalue weighted by atomic mass is 9.67. The van der Waals surface area contributed by atoms with Crippen molar-refractivity contribution in [2.24, 2.45) is 0 Å². The van der Waals surface area contributed by atoms with Gasteiger partial charge in [-0.25, -0.2) is 0 Å². The molecule has 1 aromatic heterocycles. The molecule has 12 rings (SSSR count). The summed E-state index contributed by atoms with van der Waals surface area (Å²) in [7, 11) is 0. The van der Waals surface area contributed by atoms with Crippen LogP contribution in [0.4, 0.5) is 17.1 Å². The number of rotatable bonds is 5. The third-order valence-electron chi connectivity index (χ3n) is 12.3. The molecule has 0 fully saturated rings. The molecule has 9 aromatic carbocycles. The molecular formula is C55H36N2S.